The second kappa shape index (κ2) is 5.19. The zero-order chi connectivity index (χ0) is 13.1. The summed E-state index contributed by atoms with van der Waals surface area (Å²) in [5.74, 6) is 0. The van der Waals surface area contributed by atoms with E-state index >= 15 is 0 Å². The average Bonchev–Trinajstić information content (AvgIpc) is 2.34. The van der Waals surface area contributed by atoms with Gasteiger partial charge in [-0.15, -0.1) is 0 Å². The van der Waals surface area contributed by atoms with Crippen molar-refractivity contribution in [1.82, 2.24) is 4.57 Å². The van der Waals surface area contributed by atoms with Crippen LogP contribution in [0.5, 0.6) is 0 Å². The molecule has 0 unspecified atom stereocenters. The summed E-state index contributed by atoms with van der Waals surface area (Å²) in [4.78, 5) is 11.4. The van der Waals surface area contributed by atoms with Crippen molar-refractivity contribution in [3.8, 4) is 0 Å². The highest BCUT2D eigenvalue weighted by Crippen LogP contribution is 2.09. The van der Waals surface area contributed by atoms with E-state index in [-0.39, 0.29) is 12.0 Å². The van der Waals surface area contributed by atoms with E-state index in [2.05, 4.69) is 4.57 Å². The van der Waals surface area contributed by atoms with E-state index in [9.17, 15) is 4.79 Å². The molecule has 0 fully saturated rings. The van der Waals surface area contributed by atoms with Crippen molar-refractivity contribution in [3.63, 3.8) is 0 Å². The summed E-state index contributed by atoms with van der Waals surface area (Å²) in [5.41, 5.74) is 4.04. The van der Waals surface area contributed by atoms with Gasteiger partial charge in [0.1, 0.15) is 0 Å². The molecule has 94 valence electrons. The van der Waals surface area contributed by atoms with E-state index < -0.39 is 0 Å². The van der Waals surface area contributed by atoms with Crippen LogP contribution in [0, 0.1) is 13.8 Å². The van der Waals surface area contributed by atoms with Crippen molar-refractivity contribution in [2.45, 2.75) is 27.0 Å². The van der Waals surface area contributed by atoms with Crippen LogP contribution in [0.15, 0.2) is 41.2 Å². The third kappa shape index (κ3) is 2.68. The third-order valence-electron chi connectivity index (χ3n) is 3.10. The molecule has 18 heavy (non-hydrogen) atoms. The summed E-state index contributed by atoms with van der Waals surface area (Å²) >= 11 is 0. The van der Waals surface area contributed by atoms with E-state index in [1.807, 2.05) is 38.1 Å². The van der Waals surface area contributed by atoms with Crippen molar-refractivity contribution in [3.05, 3.63) is 69.1 Å². The van der Waals surface area contributed by atoms with E-state index in [1.54, 1.807) is 12.1 Å². The summed E-state index contributed by atoms with van der Waals surface area (Å²) in [7, 11) is 0. The van der Waals surface area contributed by atoms with Gasteiger partial charge >= 0.3 is 0 Å². The van der Waals surface area contributed by atoms with Crippen molar-refractivity contribution in [2.24, 2.45) is 0 Å². The summed E-state index contributed by atoms with van der Waals surface area (Å²) < 4.78 is 2.11. The number of pyridine rings is 1. The van der Waals surface area contributed by atoms with E-state index in [0.717, 1.165) is 29.1 Å². The molecule has 1 N–H and O–H groups in total. The zero-order valence-corrected chi connectivity index (χ0v) is 10.7. The molecular weight excluding hydrogens is 226 g/mol. The van der Waals surface area contributed by atoms with Crippen molar-refractivity contribution < 1.29 is 5.11 Å². The molecule has 1 aromatic carbocycles. The largest absolute Gasteiger partial charge is 0.392 e. The number of aliphatic hydroxyl groups excluding tert-OH is 1. The van der Waals surface area contributed by atoms with Gasteiger partial charge in [-0.1, -0.05) is 24.3 Å². The molecule has 3 heteroatoms. The minimum absolute atomic E-state index is 0.0527. The Morgan fingerprint density at radius 1 is 1.00 bits per heavy atom. The third-order valence-corrected chi connectivity index (χ3v) is 3.10. The summed E-state index contributed by atoms with van der Waals surface area (Å²) in [5, 5.41) is 9.00. The molecule has 2 aromatic rings. The molecule has 3 nitrogen and oxygen atoms in total. The van der Waals surface area contributed by atoms with Gasteiger partial charge in [-0.05, 0) is 25.0 Å². The van der Waals surface area contributed by atoms with Crippen LogP contribution in [0.1, 0.15) is 22.5 Å². The van der Waals surface area contributed by atoms with Crippen molar-refractivity contribution >= 4 is 0 Å². The molecule has 0 bridgehead atoms. The minimum Gasteiger partial charge on any atom is -0.392 e. The Bertz CT molecular complexity index is 571. The number of aromatic nitrogens is 1. The van der Waals surface area contributed by atoms with Crippen LogP contribution in [0.3, 0.4) is 0 Å². The second-order valence-electron chi connectivity index (χ2n) is 4.53. The molecule has 1 heterocycles. The molecule has 2 rings (SSSR count). The van der Waals surface area contributed by atoms with Crippen LogP contribution >= 0.6 is 0 Å². The summed E-state index contributed by atoms with van der Waals surface area (Å²) in [6, 6.07) is 11.1. The molecule has 0 atom stereocenters. The number of aryl methyl sites for hydroxylation is 2. The van der Waals surface area contributed by atoms with Gasteiger partial charge in [0.05, 0.1) is 6.61 Å². The molecule has 0 aliphatic rings. The predicted molar refractivity (Wildman–Crippen MR) is 71.6 cm³/mol. The maximum atomic E-state index is 11.4. The number of rotatable bonds is 3. The monoisotopic (exact) mass is 243 g/mol. The second-order valence-corrected chi connectivity index (χ2v) is 4.53. The lowest BCUT2D eigenvalue weighted by Crippen LogP contribution is -2.13. The summed E-state index contributed by atoms with van der Waals surface area (Å²) in [6.45, 7) is 4.69. The van der Waals surface area contributed by atoms with E-state index in [1.165, 1.54) is 0 Å². The molecule has 0 spiro atoms. The molecule has 0 amide bonds. The van der Waals surface area contributed by atoms with Gasteiger partial charge in [-0.3, -0.25) is 4.79 Å². The first kappa shape index (κ1) is 12.6. The normalized spacial score (nSPS) is 10.6. The van der Waals surface area contributed by atoms with Crippen LogP contribution in [0.25, 0.3) is 0 Å². The average molecular weight is 243 g/mol. The smallest absolute Gasteiger partial charge is 0.182 e. The number of hydrogen-bond acceptors (Lipinski definition) is 2. The Morgan fingerprint density at radius 2 is 1.50 bits per heavy atom. The van der Waals surface area contributed by atoms with E-state index in [4.69, 9.17) is 5.11 Å². The SMILES string of the molecule is Cc1cc(=O)cc(C)n1Cc1ccc(CO)cc1. The van der Waals surface area contributed by atoms with Gasteiger partial charge in [0.2, 0.25) is 0 Å². The van der Waals surface area contributed by atoms with Crippen LogP contribution < -0.4 is 5.43 Å². The Hall–Kier alpha value is -1.87. The number of benzene rings is 1. The van der Waals surface area contributed by atoms with Crippen LogP contribution in [0.4, 0.5) is 0 Å². The Kier molecular flexibility index (Phi) is 3.63. The van der Waals surface area contributed by atoms with Gasteiger partial charge < -0.3 is 9.67 Å². The van der Waals surface area contributed by atoms with Gasteiger partial charge in [0, 0.05) is 30.1 Å². The Balaban J connectivity index is 2.31. The molecule has 0 saturated heterocycles. The summed E-state index contributed by atoms with van der Waals surface area (Å²) in [6.07, 6.45) is 0. The van der Waals surface area contributed by atoms with E-state index in [0.29, 0.717) is 0 Å². The molecular formula is C15H17NO2. The molecule has 1 aromatic heterocycles. The van der Waals surface area contributed by atoms with Crippen molar-refractivity contribution in [2.75, 3.05) is 0 Å². The Morgan fingerprint density at radius 3 is 2.00 bits per heavy atom. The maximum Gasteiger partial charge on any atom is 0.182 e. The van der Waals surface area contributed by atoms with Gasteiger partial charge in [0.25, 0.3) is 0 Å². The Labute approximate surface area is 106 Å². The van der Waals surface area contributed by atoms with Crippen LogP contribution in [0.2, 0.25) is 0 Å². The first-order valence-electron chi connectivity index (χ1n) is 5.97. The predicted octanol–water partition coefficient (Wildman–Crippen LogP) is 2.01. The molecule has 0 saturated carbocycles. The number of hydrogen-bond donors (Lipinski definition) is 1. The highest BCUT2D eigenvalue weighted by atomic mass is 16.3. The standard InChI is InChI=1S/C15H17NO2/c1-11-7-15(18)8-12(2)16(11)9-13-3-5-14(10-17)6-4-13/h3-8,17H,9-10H2,1-2H3. The molecule has 0 radical (unpaired) electrons. The van der Waals surface area contributed by atoms with Gasteiger partial charge in [-0.25, -0.2) is 0 Å². The maximum absolute atomic E-state index is 11.4. The molecule has 0 aliphatic heterocycles. The molecule has 0 aliphatic carbocycles. The van der Waals surface area contributed by atoms with Crippen molar-refractivity contribution in [1.29, 1.82) is 0 Å². The first-order valence-corrected chi connectivity index (χ1v) is 5.97. The first-order chi connectivity index (χ1) is 8.60. The van der Waals surface area contributed by atoms with Crippen LogP contribution in [-0.4, -0.2) is 9.67 Å². The lowest BCUT2D eigenvalue weighted by atomic mass is 10.1. The fraction of sp³-hybridized carbons (Fsp3) is 0.267. The fourth-order valence-electron chi connectivity index (χ4n) is 2.07. The van der Waals surface area contributed by atoms with Gasteiger partial charge in [0.15, 0.2) is 5.43 Å². The number of nitrogens with zero attached hydrogens (tertiary/aromatic N) is 1. The zero-order valence-electron chi connectivity index (χ0n) is 10.7. The fourth-order valence-corrected chi connectivity index (χ4v) is 2.07. The van der Waals surface area contributed by atoms with Crippen LogP contribution in [-0.2, 0) is 13.2 Å². The highest BCUT2D eigenvalue weighted by Gasteiger charge is 2.02. The topological polar surface area (TPSA) is 42.2 Å². The minimum atomic E-state index is 0.0527. The van der Waals surface area contributed by atoms with Gasteiger partial charge in [-0.2, -0.15) is 0 Å². The quantitative estimate of drug-likeness (QED) is 0.896. The highest BCUT2D eigenvalue weighted by molar-refractivity contribution is 5.24. The lowest BCUT2D eigenvalue weighted by Gasteiger charge is -2.14. The number of aliphatic hydroxyl groups is 1. The lowest BCUT2D eigenvalue weighted by molar-refractivity contribution is 0.282.